The van der Waals surface area contributed by atoms with Crippen LogP contribution in [-0.4, -0.2) is 96.8 Å². The Bertz CT molecular complexity index is 3770. The number of allylic oxidation sites excluding steroid dienone is 1. The van der Waals surface area contributed by atoms with E-state index >= 15 is 0 Å². The van der Waals surface area contributed by atoms with Crippen molar-refractivity contribution in [3.8, 4) is 0 Å². The zero-order valence-corrected chi connectivity index (χ0v) is 74.2. The van der Waals surface area contributed by atoms with Gasteiger partial charge in [0.25, 0.3) is 0 Å². The number of aromatic carboxylic acids is 2. The number of carboxylic acids is 2. The molecule has 0 radical (unpaired) electrons. The largest absolute Gasteiger partial charge is 1.00 e. The molecule has 0 heterocycles. The summed E-state index contributed by atoms with van der Waals surface area (Å²) in [7, 11) is 1.44. The van der Waals surface area contributed by atoms with Gasteiger partial charge < -0.3 is 46.0 Å². The molecule has 0 aliphatic heterocycles. The average Bonchev–Trinajstić information content (AvgIpc) is 1.62. The van der Waals surface area contributed by atoms with Crippen LogP contribution in [0.5, 0.6) is 0 Å². The Kier molecular flexibility index (Phi) is 28.4. The number of carboxylic acid groups (broad SMARTS) is 2. The summed E-state index contributed by atoms with van der Waals surface area (Å²) in [4.78, 5) is 35.7. The van der Waals surface area contributed by atoms with Gasteiger partial charge in [0.2, 0.25) is 0 Å². The predicted octanol–water partition coefficient (Wildman–Crippen LogP) is 20.2. The van der Waals surface area contributed by atoms with Gasteiger partial charge in [-0.3, -0.25) is 0 Å². The number of benzene rings is 3. The van der Waals surface area contributed by atoms with Crippen molar-refractivity contribution in [3.63, 3.8) is 0 Å². The Hall–Kier alpha value is -3.83. The number of hydrogen-bond acceptors (Lipinski definition) is 10. The fourth-order valence-corrected chi connectivity index (χ4v) is 33.6. The zero-order valence-electron chi connectivity index (χ0n) is 74.2. The number of carbonyl (C=O) groups is 3. The first-order chi connectivity index (χ1) is 54.3. The number of fused-ring (bicyclic) bond motifs is 15. The van der Waals surface area contributed by atoms with Crippen molar-refractivity contribution < 1.29 is 79.2 Å². The third-order valence-electron chi connectivity index (χ3n) is 39.3. The number of aliphatic hydroxyl groups is 5. The Balaban J connectivity index is 0.000000160. The van der Waals surface area contributed by atoms with Crippen LogP contribution in [-0.2, 0) is 4.74 Å². The van der Waals surface area contributed by atoms with E-state index in [0.717, 1.165) is 99.7 Å². The molecule has 117 heavy (non-hydrogen) atoms. The third-order valence-corrected chi connectivity index (χ3v) is 39.3. The standard InChI is InChI=1S/C35H52O3.2C34H50O4.CH4.Li.H2O/c1-7-25-30-21-22(2)17-19-35(30,5)29-18-20-34(4)27(15-16-28(34)31(29)32(25)36)23(3)11-10-13-24-12-8-9-14-26(24)33(37)38-6;2*1-5-22-29-18-21(35)12-14-34(29,4)28-13-15-33(3)26(10-11-27(33)30(28)31(22)36)19(2)16-20-17-25(20)23-8-6-7-9-24(23)32(37)38;;;/h8-10,12-14,22-23,25,27-32,36H,7,11,15-21H2,1-6H3;2*6-9,19-22,25-31,35-36H,5,10-18H2,1-4H3,(H,37,38);1H4;;1H2/q;;;;+1;/p-1/b13-10+;;;;;/t22-,23-,25-,27-,28+,29+,30+,31+,32-,34-,35-;2*19-,20?,21-,22-,25?,26-,27+,28+,29+,30+,31-,33-,34-;;;/m111.../s1. The van der Waals surface area contributed by atoms with Crippen LogP contribution in [0.4, 0.5) is 0 Å². The molecule has 0 spiro atoms. The molecule has 4 unspecified atom stereocenters. The number of esters is 1. The van der Waals surface area contributed by atoms with E-state index in [9.17, 15) is 50.1 Å². The van der Waals surface area contributed by atoms with Gasteiger partial charge >= 0.3 is 36.8 Å². The van der Waals surface area contributed by atoms with Crippen molar-refractivity contribution in [1.29, 1.82) is 0 Å². The molecule has 14 saturated carbocycles. The molecule has 13 heteroatoms. The molecule has 0 amide bonds. The Morgan fingerprint density at radius 1 is 0.436 bits per heavy atom. The smallest absolute Gasteiger partial charge is 0.870 e. The number of carbonyl (C=O) groups excluding carboxylic acids is 1. The van der Waals surface area contributed by atoms with E-state index in [4.69, 9.17) is 4.74 Å². The molecule has 37 atom stereocenters. The minimum atomic E-state index is -0.804. The SMILES string of the molecule is C.CC[C@H]1[C@@H](O)[C@@H]2[C@H](CC[C@]3(C)[C@@H]([C@H](C)C/C=C/c4ccccc4C(=O)OC)CC[C@@H]23)[C@@]2(C)CC[C@@H](C)C[C@@H]12.CC[C@H]1[C@@H](O)[C@@H]2[C@H](CC[C@]3(C)[C@@H]([C@H](C)CC4CC4c4ccccc4C(=O)O)CC[C@@H]23)[C@@]2(C)CC[C@@H](O)C[C@@H]12.CC[C@H]1[C@@H](O)[C@@H]2[C@H](CC[C@]3(C)[C@@H]([C@H](C)CC4CC4c4ccccc4C(=O)O)CC[C@@H]23)[C@@]2(C)CC[C@@H](O)C[C@@H]12.[Li+].[OH-]. The topological polar surface area (TPSA) is 232 Å². The summed E-state index contributed by atoms with van der Waals surface area (Å²) >= 11 is 0. The first kappa shape index (κ1) is 92.4. The van der Waals surface area contributed by atoms with E-state index in [2.05, 4.69) is 102 Å². The second-order valence-electron chi connectivity index (χ2n) is 43.9. The molecule has 14 fully saturated rings. The van der Waals surface area contributed by atoms with Crippen LogP contribution in [0.25, 0.3) is 6.08 Å². The summed E-state index contributed by atoms with van der Waals surface area (Å²) in [6.45, 7) is 32.1. The molecular formula is C104H157LiO12. The van der Waals surface area contributed by atoms with Gasteiger partial charge in [-0.05, 0) is 382 Å². The second kappa shape index (κ2) is 36.0. The number of aliphatic hydroxyl groups excluding tert-OH is 5. The predicted molar refractivity (Wildman–Crippen MR) is 464 cm³/mol. The van der Waals surface area contributed by atoms with Gasteiger partial charge in [0, 0.05) is 0 Å². The van der Waals surface area contributed by atoms with Crippen LogP contribution in [0.3, 0.4) is 0 Å². The Morgan fingerprint density at radius 2 is 0.769 bits per heavy atom. The number of hydrogen-bond donors (Lipinski definition) is 7. The van der Waals surface area contributed by atoms with E-state index in [-0.39, 0.29) is 79.1 Å². The quantitative estimate of drug-likeness (QED) is 0.0466. The first-order valence-electron chi connectivity index (χ1n) is 47.2. The fraction of sp³-hybridized carbons (Fsp3) is 0.779. The zero-order chi connectivity index (χ0) is 81.2. The van der Waals surface area contributed by atoms with Gasteiger partial charge in [-0.15, -0.1) is 0 Å². The van der Waals surface area contributed by atoms with Crippen molar-refractivity contribution in [2.75, 3.05) is 7.11 Å². The molecule has 17 rings (SSSR count). The van der Waals surface area contributed by atoms with Crippen LogP contribution in [0.2, 0.25) is 0 Å². The minimum absolute atomic E-state index is 0. The molecule has 14 aliphatic rings. The van der Waals surface area contributed by atoms with Gasteiger partial charge in [-0.25, -0.2) is 14.4 Å². The van der Waals surface area contributed by atoms with Crippen molar-refractivity contribution in [2.45, 2.75) is 326 Å². The van der Waals surface area contributed by atoms with E-state index < -0.39 is 11.9 Å². The minimum Gasteiger partial charge on any atom is -0.870 e. The van der Waals surface area contributed by atoms with E-state index in [1.807, 2.05) is 60.7 Å². The van der Waals surface area contributed by atoms with Gasteiger partial charge in [-0.2, -0.15) is 0 Å². The molecule has 646 valence electrons. The van der Waals surface area contributed by atoms with Gasteiger partial charge in [0.15, 0.2) is 0 Å². The summed E-state index contributed by atoms with van der Waals surface area (Å²) in [5.41, 5.74) is 6.43. The van der Waals surface area contributed by atoms with Crippen molar-refractivity contribution in [2.24, 2.45) is 175 Å². The molecule has 0 aromatic heterocycles. The normalized spacial score (nSPS) is 45.5. The monoisotopic (exact) mass is 1610 g/mol. The fourth-order valence-electron chi connectivity index (χ4n) is 33.6. The van der Waals surface area contributed by atoms with Crippen LogP contribution in [0.1, 0.15) is 343 Å². The van der Waals surface area contributed by atoms with Crippen LogP contribution in [0, 0.1) is 175 Å². The Morgan fingerprint density at radius 3 is 1.15 bits per heavy atom. The second-order valence-corrected chi connectivity index (χ2v) is 43.9. The van der Waals surface area contributed by atoms with E-state index in [0.29, 0.717) is 186 Å². The molecular weight excluding hydrogens is 1450 g/mol. The van der Waals surface area contributed by atoms with E-state index in [1.54, 1.807) is 12.1 Å². The van der Waals surface area contributed by atoms with Crippen molar-refractivity contribution >= 4 is 24.0 Å². The van der Waals surface area contributed by atoms with Gasteiger partial charge in [0.1, 0.15) is 0 Å². The van der Waals surface area contributed by atoms with Crippen LogP contribution < -0.4 is 18.9 Å². The third kappa shape index (κ3) is 16.2. The maximum atomic E-state index is 12.2. The molecule has 3 aromatic carbocycles. The average molecular weight is 1610 g/mol. The van der Waals surface area contributed by atoms with Gasteiger partial charge in [0.05, 0.1) is 54.3 Å². The number of ether oxygens (including phenoxy) is 1. The maximum Gasteiger partial charge on any atom is 1.00 e. The van der Waals surface area contributed by atoms with Gasteiger partial charge in [-0.1, -0.05) is 190 Å². The summed E-state index contributed by atoms with van der Waals surface area (Å²) in [5.74, 6) is 12.6. The molecule has 8 N–H and O–H groups in total. The van der Waals surface area contributed by atoms with Crippen molar-refractivity contribution in [3.05, 3.63) is 112 Å². The molecule has 0 saturated heterocycles. The Labute approximate surface area is 718 Å². The summed E-state index contributed by atoms with van der Waals surface area (Å²) in [6, 6.07) is 22.9. The maximum absolute atomic E-state index is 12.2. The summed E-state index contributed by atoms with van der Waals surface area (Å²) in [5, 5.41) is 76.3. The number of methoxy groups -OCH3 is 1. The van der Waals surface area contributed by atoms with Crippen molar-refractivity contribution in [1.82, 2.24) is 0 Å². The van der Waals surface area contributed by atoms with E-state index in [1.165, 1.54) is 116 Å². The molecule has 14 aliphatic carbocycles. The van der Waals surface area contributed by atoms with Crippen LogP contribution in [0.15, 0.2) is 78.9 Å². The first-order valence-corrected chi connectivity index (χ1v) is 47.2. The summed E-state index contributed by atoms with van der Waals surface area (Å²) in [6.07, 6.45) is 37.4. The number of rotatable bonds is 18. The molecule has 3 aromatic rings. The summed E-state index contributed by atoms with van der Waals surface area (Å²) < 4.78 is 4.98. The molecule has 12 nitrogen and oxygen atoms in total. The van der Waals surface area contributed by atoms with Crippen LogP contribution >= 0.6 is 0 Å². The molecule has 0 bridgehead atoms.